The lowest BCUT2D eigenvalue weighted by molar-refractivity contribution is -0.135. The molecule has 0 radical (unpaired) electrons. The highest BCUT2D eigenvalue weighted by atomic mass is 127. The summed E-state index contributed by atoms with van der Waals surface area (Å²) in [5, 5.41) is 8.58. The summed E-state index contributed by atoms with van der Waals surface area (Å²) < 4.78 is 13.6. The summed E-state index contributed by atoms with van der Waals surface area (Å²) in [6, 6.07) is 2.71. The van der Waals surface area contributed by atoms with E-state index in [-0.39, 0.29) is 6.54 Å². The molecule has 0 aliphatic rings. The number of rotatable bonds is 3. The van der Waals surface area contributed by atoms with Crippen molar-refractivity contribution in [1.29, 1.82) is 0 Å². The Bertz CT molecular complexity index is 398. The van der Waals surface area contributed by atoms with Gasteiger partial charge in [0.1, 0.15) is 12.4 Å². The van der Waals surface area contributed by atoms with Gasteiger partial charge in [0.2, 0.25) is 0 Å². The van der Waals surface area contributed by atoms with Gasteiger partial charge in [0, 0.05) is 13.1 Å². The first-order chi connectivity index (χ1) is 6.91. The second kappa shape index (κ2) is 4.65. The first kappa shape index (κ1) is 12.0. The predicted molar refractivity (Wildman–Crippen MR) is 64.4 cm³/mol. The fourth-order valence-corrected chi connectivity index (χ4v) is 1.66. The Hall–Kier alpha value is -1.05. The van der Waals surface area contributed by atoms with Crippen LogP contribution in [0.5, 0.6) is 0 Å². The van der Waals surface area contributed by atoms with E-state index < -0.39 is 11.8 Å². The Balaban J connectivity index is 3.03. The van der Waals surface area contributed by atoms with Crippen molar-refractivity contribution >= 4 is 39.9 Å². The number of halogens is 2. The van der Waals surface area contributed by atoms with Gasteiger partial charge in [0.25, 0.3) is 0 Å². The minimum Gasteiger partial charge on any atom is -0.480 e. The summed E-state index contributed by atoms with van der Waals surface area (Å²) in [7, 11) is 1.55. The monoisotopic (exact) mass is 324 g/mol. The van der Waals surface area contributed by atoms with Gasteiger partial charge in [-0.1, -0.05) is 0 Å². The number of aliphatic carboxylic acids is 1. The zero-order chi connectivity index (χ0) is 11.6. The van der Waals surface area contributed by atoms with Gasteiger partial charge in [-0.25, -0.2) is 4.39 Å². The first-order valence-corrected chi connectivity index (χ1v) is 5.17. The average Bonchev–Trinajstić information content (AvgIpc) is 2.09. The van der Waals surface area contributed by atoms with E-state index in [1.807, 2.05) is 22.6 Å². The molecule has 82 valence electrons. The molecule has 0 aromatic heterocycles. The lowest BCUT2D eigenvalue weighted by Crippen LogP contribution is -2.26. The number of hydrogen-bond donors (Lipinski definition) is 2. The van der Waals surface area contributed by atoms with E-state index in [4.69, 9.17) is 10.8 Å². The average molecular weight is 324 g/mol. The van der Waals surface area contributed by atoms with Crippen molar-refractivity contribution in [3.8, 4) is 0 Å². The Kier molecular flexibility index (Phi) is 3.72. The topological polar surface area (TPSA) is 66.6 Å². The first-order valence-electron chi connectivity index (χ1n) is 4.09. The number of carbonyl (C=O) groups is 1. The summed E-state index contributed by atoms with van der Waals surface area (Å²) in [5.74, 6) is -1.40. The van der Waals surface area contributed by atoms with Gasteiger partial charge < -0.3 is 15.7 Å². The summed E-state index contributed by atoms with van der Waals surface area (Å²) >= 11 is 1.83. The van der Waals surface area contributed by atoms with Crippen LogP contribution in [0.4, 0.5) is 15.8 Å². The van der Waals surface area contributed by atoms with Crippen LogP contribution in [0, 0.1) is 9.39 Å². The molecular weight excluding hydrogens is 314 g/mol. The van der Waals surface area contributed by atoms with Crippen LogP contribution in [0.3, 0.4) is 0 Å². The van der Waals surface area contributed by atoms with Gasteiger partial charge in [0.05, 0.1) is 14.9 Å². The Morgan fingerprint density at radius 3 is 2.80 bits per heavy atom. The lowest BCUT2D eigenvalue weighted by atomic mass is 10.2. The van der Waals surface area contributed by atoms with Gasteiger partial charge in [-0.3, -0.25) is 4.79 Å². The van der Waals surface area contributed by atoms with Crippen LogP contribution in [0.2, 0.25) is 0 Å². The van der Waals surface area contributed by atoms with E-state index in [1.54, 1.807) is 7.05 Å². The highest BCUT2D eigenvalue weighted by molar-refractivity contribution is 14.1. The molecule has 0 heterocycles. The second-order valence-corrected chi connectivity index (χ2v) is 4.24. The molecule has 1 rings (SSSR count). The summed E-state index contributed by atoms with van der Waals surface area (Å²) in [6.07, 6.45) is 0. The zero-order valence-electron chi connectivity index (χ0n) is 8.00. The molecule has 0 fully saturated rings. The molecule has 3 N–H and O–H groups in total. The third kappa shape index (κ3) is 2.95. The Morgan fingerprint density at radius 2 is 2.27 bits per heavy atom. The molecule has 0 unspecified atom stereocenters. The number of nitrogens with two attached hydrogens (primary N) is 1. The zero-order valence-corrected chi connectivity index (χ0v) is 10.2. The molecule has 4 nitrogen and oxygen atoms in total. The number of carboxylic acids is 1. The molecule has 0 saturated heterocycles. The van der Waals surface area contributed by atoms with Crippen molar-refractivity contribution in [3.05, 3.63) is 21.5 Å². The van der Waals surface area contributed by atoms with E-state index in [0.29, 0.717) is 14.9 Å². The van der Waals surface area contributed by atoms with Crippen molar-refractivity contribution in [2.24, 2.45) is 0 Å². The van der Waals surface area contributed by atoms with Gasteiger partial charge in [0.15, 0.2) is 0 Å². The van der Waals surface area contributed by atoms with Gasteiger partial charge in [-0.15, -0.1) is 0 Å². The number of carboxylic acid groups (broad SMARTS) is 1. The lowest BCUT2D eigenvalue weighted by Gasteiger charge is -2.19. The highest BCUT2D eigenvalue weighted by Gasteiger charge is 2.11. The van der Waals surface area contributed by atoms with Crippen molar-refractivity contribution in [3.63, 3.8) is 0 Å². The maximum absolute atomic E-state index is 13.2. The van der Waals surface area contributed by atoms with E-state index in [9.17, 15) is 9.18 Å². The predicted octanol–water partition coefficient (Wildman–Crippen LogP) is 1.53. The SMILES string of the molecule is CN(CC(=O)O)c1cc(F)c(I)cc1N. The fourth-order valence-electron chi connectivity index (χ4n) is 1.17. The van der Waals surface area contributed by atoms with Crippen LogP contribution in [-0.2, 0) is 4.79 Å². The minimum absolute atomic E-state index is 0.218. The number of hydrogen-bond acceptors (Lipinski definition) is 3. The van der Waals surface area contributed by atoms with Crippen molar-refractivity contribution in [2.45, 2.75) is 0 Å². The smallest absolute Gasteiger partial charge is 0.323 e. The molecule has 1 aromatic carbocycles. The van der Waals surface area contributed by atoms with Gasteiger partial charge in [-0.2, -0.15) is 0 Å². The maximum atomic E-state index is 13.2. The molecule has 0 atom stereocenters. The molecule has 15 heavy (non-hydrogen) atoms. The molecule has 1 aromatic rings. The van der Waals surface area contributed by atoms with Crippen LogP contribution in [-0.4, -0.2) is 24.7 Å². The Labute approximate surface area is 100 Å². The molecule has 0 aliphatic carbocycles. The van der Waals surface area contributed by atoms with Crippen LogP contribution in [0.15, 0.2) is 12.1 Å². The highest BCUT2D eigenvalue weighted by Crippen LogP contribution is 2.26. The molecule has 0 aliphatic heterocycles. The fraction of sp³-hybridized carbons (Fsp3) is 0.222. The molecule has 0 bridgehead atoms. The van der Waals surface area contributed by atoms with Crippen molar-refractivity contribution < 1.29 is 14.3 Å². The van der Waals surface area contributed by atoms with Crippen molar-refractivity contribution in [2.75, 3.05) is 24.2 Å². The number of likely N-dealkylation sites (N-methyl/N-ethyl adjacent to an activating group) is 1. The molecular formula is C9H10FIN2O2. The molecule has 0 saturated carbocycles. The minimum atomic E-state index is -0.990. The van der Waals surface area contributed by atoms with Gasteiger partial charge in [-0.05, 0) is 28.7 Å². The van der Waals surface area contributed by atoms with E-state index in [1.165, 1.54) is 17.0 Å². The molecule has 0 spiro atoms. The largest absolute Gasteiger partial charge is 0.480 e. The van der Waals surface area contributed by atoms with Crippen molar-refractivity contribution in [1.82, 2.24) is 0 Å². The summed E-state index contributed by atoms with van der Waals surface area (Å²) in [4.78, 5) is 11.9. The van der Waals surface area contributed by atoms with E-state index >= 15 is 0 Å². The molecule has 0 amide bonds. The standard InChI is InChI=1S/C9H10FIN2O2/c1-13(4-9(14)15)8-2-5(10)6(11)3-7(8)12/h2-3H,4,12H2,1H3,(H,14,15). The quantitative estimate of drug-likeness (QED) is 0.654. The van der Waals surface area contributed by atoms with Crippen LogP contribution in [0.25, 0.3) is 0 Å². The van der Waals surface area contributed by atoms with Crippen LogP contribution in [0.1, 0.15) is 0 Å². The third-order valence-corrected chi connectivity index (χ3v) is 2.68. The number of benzene rings is 1. The molecule has 6 heteroatoms. The summed E-state index contributed by atoms with van der Waals surface area (Å²) in [5.41, 5.74) is 6.41. The van der Waals surface area contributed by atoms with Crippen LogP contribution < -0.4 is 10.6 Å². The third-order valence-electron chi connectivity index (χ3n) is 1.85. The summed E-state index contributed by atoms with van der Waals surface area (Å²) in [6.45, 7) is -0.218. The van der Waals surface area contributed by atoms with Gasteiger partial charge >= 0.3 is 5.97 Å². The normalized spacial score (nSPS) is 10.1. The maximum Gasteiger partial charge on any atom is 0.323 e. The second-order valence-electron chi connectivity index (χ2n) is 3.07. The Morgan fingerprint density at radius 1 is 1.67 bits per heavy atom. The number of nitrogen functional groups attached to an aromatic ring is 1. The number of nitrogens with zero attached hydrogens (tertiary/aromatic N) is 1. The van der Waals surface area contributed by atoms with Crippen LogP contribution >= 0.6 is 22.6 Å². The number of anilines is 2. The van der Waals surface area contributed by atoms with E-state index in [2.05, 4.69) is 0 Å². The van der Waals surface area contributed by atoms with E-state index in [0.717, 1.165) is 0 Å².